The SMILES string of the molecule is CC1CCCN(CCCNC(=O)c2cc(-c3cccnc3)nc3ccccc23)C1. The highest BCUT2D eigenvalue weighted by atomic mass is 16.1. The number of nitrogens with one attached hydrogen (secondary N) is 1. The van der Waals surface area contributed by atoms with E-state index in [9.17, 15) is 4.79 Å². The minimum Gasteiger partial charge on any atom is -0.352 e. The van der Waals surface area contributed by atoms with Gasteiger partial charge in [0.05, 0.1) is 16.8 Å². The molecule has 3 aromatic rings. The Balaban J connectivity index is 1.46. The molecule has 150 valence electrons. The lowest BCUT2D eigenvalue weighted by Gasteiger charge is -2.30. The number of para-hydroxylation sites is 1. The highest BCUT2D eigenvalue weighted by Gasteiger charge is 2.16. The lowest BCUT2D eigenvalue weighted by molar-refractivity contribution is 0.0951. The summed E-state index contributed by atoms with van der Waals surface area (Å²) in [6.07, 6.45) is 7.10. The highest BCUT2D eigenvalue weighted by molar-refractivity contribution is 6.07. The Labute approximate surface area is 172 Å². The number of carbonyl (C=O) groups is 1. The summed E-state index contributed by atoms with van der Waals surface area (Å²) in [7, 11) is 0. The first kappa shape index (κ1) is 19.5. The summed E-state index contributed by atoms with van der Waals surface area (Å²) in [5, 5.41) is 3.99. The zero-order valence-electron chi connectivity index (χ0n) is 17.0. The molecular weight excluding hydrogens is 360 g/mol. The number of benzene rings is 1. The fourth-order valence-corrected chi connectivity index (χ4v) is 4.12. The van der Waals surface area contributed by atoms with Crippen LogP contribution in [-0.2, 0) is 0 Å². The maximum atomic E-state index is 13.0. The maximum absolute atomic E-state index is 13.0. The second kappa shape index (κ2) is 9.14. The zero-order valence-corrected chi connectivity index (χ0v) is 17.0. The number of pyridine rings is 2. The lowest BCUT2D eigenvalue weighted by atomic mass is 10.0. The Hall–Kier alpha value is -2.79. The van der Waals surface area contributed by atoms with Gasteiger partial charge in [-0.25, -0.2) is 4.98 Å². The van der Waals surface area contributed by atoms with Gasteiger partial charge >= 0.3 is 0 Å². The fourth-order valence-electron chi connectivity index (χ4n) is 4.12. The monoisotopic (exact) mass is 388 g/mol. The highest BCUT2D eigenvalue weighted by Crippen LogP contribution is 2.24. The first-order valence-electron chi connectivity index (χ1n) is 10.5. The number of hydrogen-bond acceptors (Lipinski definition) is 4. The van der Waals surface area contributed by atoms with Crippen LogP contribution in [0.3, 0.4) is 0 Å². The predicted molar refractivity (Wildman–Crippen MR) is 117 cm³/mol. The summed E-state index contributed by atoms with van der Waals surface area (Å²) in [5.74, 6) is 0.744. The quantitative estimate of drug-likeness (QED) is 0.645. The molecule has 0 saturated carbocycles. The molecule has 5 heteroatoms. The molecule has 1 unspecified atom stereocenters. The number of nitrogens with zero attached hydrogens (tertiary/aromatic N) is 3. The normalized spacial score (nSPS) is 17.3. The predicted octanol–water partition coefficient (Wildman–Crippen LogP) is 4.15. The summed E-state index contributed by atoms with van der Waals surface area (Å²) in [5.41, 5.74) is 3.16. The number of piperidine rings is 1. The summed E-state index contributed by atoms with van der Waals surface area (Å²) < 4.78 is 0. The van der Waals surface area contributed by atoms with Gasteiger partial charge in [0.1, 0.15) is 0 Å². The van der Waals surface area contributed by atoms with E-state index in [0.717, 1.165) is 41.0 Å². The second-order valence-corrected chi connectivity index (χ2v) is 7.97. The molecule has 4 rings (SSSR count). The van der Waals surface area contributed by atoms with Gasteiger partial charge in [-0.1, -0.05) is 25.1 Å². The average Bonchev–Trinajstić information content (AvgIpc) is 2.76. The van der Waals surface area contributed by atoms with E-state index in [1.807, 2.05) is 42.5 Å². The molecule has 0 radical (unpaired) electrons. The third-order valence-corrected chi connectivity index (χ3v) is 5.60. The van der Waals surface area contributed by atoms with Crippen molar-refractivity contribution in [1.82, 2.24) is 20.2 Å². The van der Waals surface area contributed by atoms with Crippen molar-refractivity contribution in [2.75, 3.05) is 26.2 Å². The third kappa shape index (κ3) is 4.80. The molecule has 2 aromatic heterocycles. The number of carbonyl (C=O) groups excluding carboxylic acids is 1. The molecule has 1 amide bonds. The van der Waals surface area contributed by atoms with Crippen LogP contribution in [0.15, 0.2) is 54.9 Å². The maximum Gasteiger partial charge on any atom is 0.252 e. The fraction of sp³-hybridized carbons (Fsp3) is 0.375. The summed E-state index contributed by atoms with van der Waals surface area (Å²) >= 11 is 0. The number of aromatic nitrogens is 2. The number of amides is 1. The van der Waals surface area contributed by atoms with Crippen molar-refractivity contribution in [1.29, 1.82) is 0 Å². The molecule has 1 fully saturated rings. The van der Waals surface area contributed by atoms with E-state index >= 15 is 0 Å². The van der Waals surface area contributed by atoms with Crippen molar-refractivity contribution in [3.8, 4) is 11.3 Å². The van der Waals surface area contributed by atoms with Gasteiger partial charge in [0.2, 0.25) is 0 Å². The van der Waals surface area contributed by atoms with Crippen LogP contribution in [0.2, 0.25) is 0 Å². The van der Waals surface area contributed by atoms with Crippen molar-refractivity contribution in [3.05, 3.63) is 60.4 Å². The van der Waals surface area contributed by atoms with Gasteiger partial charge in [-0.15, -0.1) is 0 Å². The molecule has 5 nitrogen and oxygen atoms in total. The Morgan fingerprint density at radius 2 is 2.14 bits per heavy atom. The molecule has 1 atom stereocenters. The molecule has 29 heavy (non-hydrogen) atoms. The number of rotatable bonds is 6. The first-order chi connectivity index (χ1) is 14.2. The van der Waals surface area contributed by atoms with Crippen LogP contribution in [0.5, 0.6) is 0 Å². The van der Waals surface area contributed by atoms with Crippen LogP contribution in [-0.4, -0.2) is 47.0 Å². The van der Waals surface area contributed by atoms with Crippen LogP contribution in [0.1, 0.15) is 36.5 Å². The molecule has 0 bridgehead atoms. The van der Waals surface area contributed by atoms with Gasteiger partial charge in [0, 0.05) is 36.4 Å². The summed E-state index contributed by atoms with van der Waals surface area (Å²) in [6, 6.07) is 13.5. The minimum absolute atomic E-state index is 0.0410. The van der Waals surface area contributed by atoms with E-state index < -0.39 is 0 Å². The van der Waals surface area contributed by atoms with Crippen molar-refractivity contribution in [3.63, 3.8) is 0 Å². The first-order valence-corrected chi connectivity index (χ1v) is 10.5. The van der Waals surface area contributed by atoms with E-state index in [1.165, 1.54) is 25.9 Å². The Morgan fingerprint density at radius 1 is 1.24 bits per heavy atom. The largest absolute Gasteiger partial charge is 0.352 e. The van der Waals surface area contributed by atoms with E-state index in [-0.39, 0.29) is 5.91 Å². The van der Waals surface area contributed by atoms with E-state index in [0.29, 0.717) is 12.1 Å². The molecule has 1 N–H and O–H groups in total. The zero-order chi connectivity index (χ0) is 20.1. The van der Waals surface area contributed by atoms with Crippen molar-refractivity contribution < 1.29 is 4.79 Å². The molecular formula is C24H28N4O. The van der Waals surface area contributed by atoms with Crippen LogP contribution in [0, 0.1) is 5.92 Å². The second-order valence-electron chi connectivity index (χ2n) is 7.97. The van der Waals surface area contributed by atoms with Crippen molar-refractivity contribution in [2.24, 2.45) is 5.92 Å². The van der Waals surface area contributed by atoms with E-state index in [4.69, 9.17) is 4.98 Å². The van der Waals surface area contributed by atoms with Crippen LogP contribution in [0.4, 0.5) is 0 Å². The van der Waals surface area contributed by atoms with Gasteiger partial charge in [-0.3, -0.25) is 9.78 Å². The van der Waals surface area contributed by atoms with E-state index in [1.54, 1.807) is 12.4 Å². The van der Waals surface area contributed by atoms with Crippen LogP contribution in [0.25, 0.3) is 22.2 Å². The number of fused-ring (bicyclic) bond motifs is 1. The van der Waals surface area contributed by atoms with Gasteiger partial charge in [-0.05, 0) is 62.5 Å². The average molecular weight is 389 g/mol. The molecule has 1 saturated heterocycles. The van der Waals surface area contributed by atoms with Gasteiger partial charge in [-0.2, -0.15) is 0 Å². The molecule has 3 heterocycles. The molecule has 0 aliphatic carbocycles. The Bertz CT molecular complexity index is 973. The number of likely N-dealkylation sites (tertiary alicyclic amines) is 1. The summed E-state index contributed by atoms with van der Waals surface area (Å²) in [4.78, 5) is 24.4. The Kier molecular flexibility index (Phi) is 6.15. The minimum atomic E-state index is -0.0410. The van der Waals surface area contributed by atoms with E-state index in [2.05, 4.69) is 22.1 Å². The Morgan fingerprint density at radius 3 is 2.97 bits per heavy atom. The molecule has 1 aliphatic heterocycles. The van der Waals surface area contributed by atoms with Crippen LogP contribution < -0.4 is 5.32 Å². The number of hydrogen-bond donors (Lipinski definition) is 1. The molecule has 1 aliphatic rings. The topological polar surface area (TPSA) is 58.1 Å². The third-order valence-electron chi connectivity index (χ3n) is 5.60. The summed E-state index contributed by atoms with van der Waals surface area (Å²) in [6.45, 7) is 6.41. The lowest BCUT2D eigenvalue weighted by Crippen LogP contribution is -2.36. The molecule has 0 spiro atoms. The smallest absolute Gasteiger partial charge is 0.252 e. The van der Waals surface area contributed by atoms with Gasteiger partial charge in [0.15, 0.2) is 0 Å². The van der Waals surface area contributed by atoms with Gasteiger partial charge in [0.25, 0.3) is 5.91 Å². The van der Waals surface area contributed by atoms with Gasteiger partial charge < -0.3 is 10.2 Å². The van der Waals surface area contributed by atoms with Crippen LogP contribution >= 0.6 is 0 Å². The van der Waals surface area contributed by atoms with Crippen molar-refractivity contribution in [2.45, 2.75) is 26.2 Å². The van der Waals surface area contributed by atoms with Crippen molar-refractivity contribution >= 4 is 16.8 Å². The molecule has 1 aromatic carbocycles. The standard InChI is InChI=1S/C24H28N4O/c1-18-7-5-13-28(17-18)14-6-12-26-24(29)21-15-23(19-8-4-11-25-16-19)27-22-10-3-2-9-20(21)22/h2-4,8-11,15-16,18H,5-7,12-14,17H2,1H3,(H,26,29).